The van der Waals surface area contributed by atoms with Crippen LogP contribution >= 0.6 is 35.0 Å². The topological polar surface area (TPSA) is 59.8 Å². The van der Waals surface area contributed by atoms with E-state index in [2.05, 4.69) is 15.5 Å². The van der Waals surface area contributed by atoms with Crippen LogP contribution in [0.4, 0.5) is 5.69 Å². The highest BCUT2D eigenvalue weighted by molar-refractivity contribution is 7.99. The number of aromatic nitrogens is 3. The zero-order valence-electron chi connectivity index (χ0n) is 13.7. The van der Waals surface area contributed by atoms with Gasteiger partial charge in [0.05, 0.1) is 0 Å². The van der Waals surface area contributed by atoms with Gasteiger partial charge in [-0.2, -0.15) is 0 Å². The van der Waals surface area contributed by atoms with E-state index in [0.717, 1.165) is 10.1 Å². The Kier molecular flexibility index (Phi) is 5.98. The van der Waals surface area contributed by atoms with Gasteiger partial charge < -0.3 is 9.88 Å². The summed E-state index contributed by atoms with van der Waals surface area (Å²) >= 11 is 13.7. The number of anilines is 1. The number of halogens is 2. The van der Waals surface area contributed by atoms with Crippen molar-refractivity contribution in [3.05, 3.63) is 70.5 Å². The summed E-state index contributed by atoms with van der Waals surface area (Å²) in [5.74, 6) is -0.269. The number of aryl methyl sites for hydroxylation is 1. The van der Waals surface area contributed by atoms with E-state index in [9.17, 15) is 4.79 Å². The molecule has 3 rings (SSSR count). The molecule has 0 fully saturated rings. The molecule has 0 bridgehead atoms. The van der Waals surface area contributed by atoms with Crippen LogP contribution in [0.15, 0.2) is 64.9 Å². The molecular weight excluding hydrogens is 391 g/mol. The van der Waals surface area contributed by atoms with Crippen molar-refractivity contribution in [3.63, 3.8) is 0 Å². The first-order valence-electron chi connectivity index (χ1n) is 7.58. The molecule has 5 nitrogen and oxygen atoms in total. The van der Waals surface area contributed by atoms with Crippen LogP contribution in [0.5, 0.6) is 0 Å². The summed E-state index contributed by atoms with van der Waals surface area (Å²) in [7, 11) is 1.88. The maximum absolute atomic E-state index is 12.1. The Hall–Kier alpha value is -2.28. The van der Waals surface area contributed by atoms with Crippen LogP contribution in [-0.4, -0.2) is 20.7 Å². The molecule has 0 saturated heterocycles. The van der Waals surface area contributed by atoms with Crippen molar-refractivity contribution >= 4 is 52.6 Å². The molecule has 132 valence electrons. The number of benzene rings is 2. The second-order valence-corrected chi connectivity index (χ2v) is 7.16. The van der Waals surface area contributed by atoms with Gasteiger partial charge in [-0.25, -0.2) is 0 Å². The number of nitrogens with one attached hydrogen (secondary N) is 1. The summed E-state index contributed by atoms with van der Waals surface area (Å²) in [5.41, 5.74) is 1.30. The van der Waals surface area contributed by atoms with Crippen molar-refractivity contribution in [2.45, 2.75) is 10.1 Å². The zero-order valence-corrected chi connectivity index (χ0v) is 16.0. The lowest BCUT2D eigenvalue weighted by molar-refractivity contribution is -0.111. The zero-order chi connectivity index (χ0) is 18.5. The first-order valence-corrected chi connectivity index (χ1v) is 9.15. The Morgan fingerprint density at radius 1 is 1.15 bits per heavy atom. The third-order valence-electron chi connectivity index (χ3n) is 3.40. The molecule has 3 aromatic rings. The highest BCUT2D eigenvalue weighted by atomic mass is 35.5. The van der Waals surface area contributed by atoms with Gasteiger partial charge in [-0.3, -0.25) is 4.79 Å². The van der Waals surface area contributed by atoms with Gasteiger partial charge in [0, 0.05) is 39.3 Å². The Morgan fingerprint density at radius 3 is 2.46 bits per heavy atom. The summed E-state index contributed by atoms with van der Waals surface area (Å²) in [6.45, 7) is 0. The van der Waals surface area contributed by atoms with Crippen LogP contribution in [0.1, 0.15) is 5.56 Å². The normalized spacial score (nSPS) is 11.0. The van der Waals surface area contributed by atoms with Crippen molar-refractivity contribution in [1.29, 1.82) is 0 Å². The Morgan fingerprint density at radius 2 is 1.85 bits per heavy atom. The lowest BCUT2D eigenvalue weighted by atomic mass is 10.2. The Labute approximate surface area is 165 Å². The Balaban J connectivity index is 1.63. The predicted molar refractivity (Wildman–Crippen MR) is 106 cm³/mol. The van der Waals surface area contributed by atoms with E-state index < -0.39 is 0 Å². The SMILES string of the molecule is Cn1cnnc1Sc1ccc(NC(=O)/C=C/c2c(Cl)cccc2Cl)cc1. The van der Waals surface area contributed by atoms with E-state index in [4.69, 9.17) is 23.2 Å². The molecule has 0 atom stereocenters. The van der Waals surface area contributed by atoms with Gasteiger partial charge in [-0.05, 0) is 54.2 Å². The molecule has 1 aromatic heterocycles. The van der Waals surface area contributed by atoms with E-state index in [1.807, 2.05) is 35.9 Å². The van der Waals surface area contributed by atoms with Crippen molar-refractivity contribution in [2.24, 2.45) is 7.05 Å². The maximum atomic E-state index is 12.1. The smallest absolute Gasteiger partial charge is 0.248 e. The van der Waals surface area contributed by atoms with Crippen LogP contribution < -0.4 is 5.32 Å². The summed E-state index contributed by atoms with van der Waals surface area (Å²) < 4.78 is 1.84. The van der Waals surface area contributed by atoms with Crippen LogP contribution in [-0.2, 0) is 11.8 Å². The highest BCUT2D eigenvalue weighted by Gasteiger charge is 2.05. The lowest BCUT2D eigenvalue weighted by Crippen LogP contribution is -2.07. The second kappa shape index (κ2) is 8.40. The average molecular weight is 405 g/mol. The first-order chi connectivity index (χ1) is 12.5. The molecule has 0 aliphatic rings. The van der Waals surface area contributed by atoms with Crippen LogP contribution in [0, 0.1) is 0 Å². The van der Waals surface area contributed by atoms with E-state index >= 15 is 0 Å². The fraction of sp³-hybridized carbons (Fsp3) is 0.0556. The molecule has 0 unspecified atom stereocenters. The third kappa shape index (κ3) is 4.66. The standard InChI is InChI=1S/C18H14Cl2N4OS/c1-24-11-21-23-18(24)26-13-7-5-12(6-8-13)22-17(25)10-9-14-15(19)3-2-4-16(14)20/h2-11H,1H3,(H,22,25)/b10-9+. The van der Waals surface area contributed by atoms with E-state index in [0.29, 0.717) is 21.3 Å². The van der Waals surface area contributed by atoms with Gasteiger partial charge in [0.15, 0.2) is 5.16 Å². The number of hydrogen-bond acceptors (Lipinski definition) is 4. The summed E-state index contributed by atoms with van der Waals surface area (Å²) in [4.78, 5) is 13.1. The number of hydrogen-bond donors (Lipinski definition) is 1. The summed E-state index contributed by atoms with van der Waals surface area (Å²) in [6, 6.07) is 12.7. The van der Waals surface area contributed by atoms with Crippen molar-refractivity contribution < 1.29 is 4.79 Å². The molecule has 26 heavy (non-hydrogen) atoms. The fourth-order valence-corrected chi connectivity index (χ4v) is 3.38. The van der Waals surface area contributed by atoms with Crippen molar-refractivity contribution in [2.75, 3.05) is 5.32 Å². The number of nitrogens with zero attached hydrogens (tertiary/aromatic N) is 3. The van der Waals surface area contributed by atoms with Gasteiger partial charge in [-0.15, -0.1) is 10.2 Å². The summed E-state index contributed by atoms with van der Waals surface area (Å²) in [6.07, 6.45) is 4.64. The van der Waals surface area contributed by atoms with Crippen LogP contribution in [0.3, 0.4) is 0 Å². The molecule has 0 aliphatic carbocycles. The minimum Gasteiger partial charge on any atom is -0.323 e. The molecule has 8 heteroatoms. The lowest BCUT2D eigenvalue weighted by Gasteiger charge is -2.05. The Bertz CT molecular complexity index is 934. The number of amides is 1. The fourth-order valence-electron chi connectivity index (χ4n) is 2.09. The number of rotatable bonds is 5. The first kappa shape index (κ1) is 18.5. The van der Waals surface area contributed by atoms with Gasteiger partial charge in [0.2, 0.25) is 5.91 Å². The maximum Gasteiger partial charge on any atom is 0.248 e. The molecule has 0 radical (unpaired) electrons. The molecule has 0 aliphatic heterocycles. The number of carbonyl (C=O) groups is 1. The molecule has 1 N–H and O–H groups in total. The summed E-state index contributed by atoms with van der Waals surface area (Å²) in [5, 5.41) is 12.4. The largest absolute Gasteiger partial charge is 0.323 e. The van der Waals surface area contributed by atoms with Crippen molar-refractivity contribution in [3.8, 4) is 0 Å². The third-order valence-corrected chi connectivity index (χ3v) is 5.12. The van der Waals surface area contributed by atoms with Gasteiger partial charge in [0.1, 0.15) is 6.33 Å². The van der Waals surface area contributed by atoms with Gasteiger partial charge >= 0.3 is 0 Å². The molecular formula is C18H14Cl2N4OS. The number of carbonyl (C=O) groups excluding carboxylic acids is 1. The van der Waals surface area contributed by atoms with Crippen LogP contribution in [0.2, 0.25) is 10.0 Å². The minimum absolute atomic E-state index is 0.269. The monoisotopic (exact) mass is 404 g/mol. The second-order valence-electron chi connectivity index (χ2n) is 5.31. The minimum atomic E-state index is -0.269. The van der Waals surface area contributed by atoms with Crippen LogP contribution in [0.25, 0.3) is 6.08 Å². The highest BCUT2D eigenvalue weighted by Crippen LogP contribution is 2.27. The molecule has 0 spiro atoms. The molecule has 0 saturated carbocycles. The van der Waals surface area contributed by atoms with Gasteiger partial charge in [-0.1, -0.05) is 29.3 Å². The van der Waals surface area contributed by atoms with Gasteiger partial charge in [0.25, 0.3) is 0 Å². The molecule has 1 heterocycles. The molecule has 1 amide bonds. The van der Waals surface area contributed by atoms with E-state index in [1.54, 1.807) is 30.6 Å². The van der Waals surface area contributed by atoms with E-state index in [-0.39, 0.29) is 5.91 Å². The predicted octanol–water partition coefficient (Wildman–Crippen LogP) is 4.93. The quantitative estimate of drug-likeness (QED) is 0.612. The average Bonchev–Trinajstić information content (AvgIpc) is 3.01. The molecule has 2 aromatic carbocycles. The van der Waals surface area contributed by atoms with E-state index in [1.165, 1.54) is 17.8 Å². The van der Waals surface area contributed by atoms with Crippen molar-refractivity contribution in [1.82, 2.24) is 14.8 Å².